The summed E-state index contributed by atoms with van der Waals surface area (Å²) < 4.78 is 7.73. The molecule has 0 radical (unpaired) electrons. The van der Waals surface area contributed by atoms with Crippen molar-refractivity contribution in [2.45, 2.75) is 10.9 Å². The van der Waals surface area contributed by atoms with Gasteiger partial charge in [-0.25, -0.2) is 10.1 Å². The smallest absolute Gasteiger partial charge is 0.293 e. The molecule has 0 unspecified atom stereocenters. The summed E-state index contributed by atoms with van der Waals surface area (Å²) in [5.74, 6) is -0.150. The molecule has 0 saturated carbocycles. The van der Waals surface area contributed by atoms with Crippen LogP contribution in [0.25, 0.3) is 16.6 Å². The number of aromatic nitrogens is 8. The number of fused-ring (bicyclic) bond motifs is 1. The number of hydrazone groups is 1. The van der Waals surface area contributed by atoms with Crippen molar-refractivity contribution in [3.8, 4) is 5.82 Å². The van der Waals surface area contributed by atoms with Gasteiger partial charge in [-0.2, -0.15) is 9.78 Å². The highest BCUT2D eigenvalue weighted by molar-refractivity contribution is 7.98. The lowest BCUT2D eigenvalue weighted by Crippen LogP contribution is -2.20. The largest absolute Gasteiger partial charge is 0.378 e. The minimum absolute atomic E-state index is 0.00995. The van der Waals surface area contributed by atoms with Crippen LogP contribution in [0.5, 0.6) is 0 Å². The molecular weight excluding hydrogens is 458 g/mol. The highest BCUT2D eigenvalue weighted by atomic mass is 32.2. The molecule has 5 rings (SSSR count). The van der Waals surface area contributed by atoms with E-state index >= 15 is 0 Å². The van der Waals surface area contributed by atoms with Crippen molar-refractivity contribution in [2.75, 3.05) is 5.73 Å². The first-order valence-electron chi connectivity index (χ1n) is 9.93. The van der Waals surface area contributed by atoms with Gasteiger partial charge >= 0.3 is 0 Å². The number of rotatable bonds is 7. The van der Waals surface area contributed by atoms with Gasteiger partial charge in [0.2, 0.25) is 11.6 Å². The Kier molecular flexibility index (Phi) is 5.70. The van der Waals surface area contributed by atoms with E-state index in [4.69, 9.17) is 5.73 Å². The summed E-state index contributed by atoms with van der Waals surface area (Å²) in [5.41, 5.74) is 9.65. The van der Waals surface area contributed by atoms with E-state index in [1.807, 2.05) is 49.5 Å². The number of thioether (sulfide) groups is 1. The van der Waals surface area contributed by atoms with Gasteiger partial charge in [0.15, 0.2) is 10.9 Å². The molecule has 0 aliphatic carbocycles. The molecule has 1 amide bonds. The first kappa shape index (κ1) is 21.3. The number of hydrogen-bond donors (Lipinski definition) is 2. The Balaban J connectivity index is 1.41. The minimum atomic E-state index is -0.550. The van der Waals surface area contributed by atoms with E-state index in [0.29, 0.717) is 10.9 Å². The molecule has 170 valence electrons. The van der Waals surface area contributed by atoms with Gasteiger partial charge in [0.25, 0.3) is 5.91 Å². The van der Waals surface area contributed by atoms with E-state index in [0.717, 1.165) is 16.3 Å². The topological polar surface area (TPSA) is 168 Å². The molecule has 0 fully saturated rings. The predicted molar refractivity (Wildman–Crippen MR) is 123 cm³/mol. The monoisotopic (exact) mass is 475 g/mol. The van der Waals surface area contributed by atoms with Gasteiger partial charge in [0.1, 0.15) is 6.33 Å². The molecule has 0 aliphatic heterocycles. The first-order chi connectivity index (χ1) is 16.6. The molecule has 34 heavy (non-hydrogen) atoms. The SMILES string of the molecule is Cn1cnnc1SCc1c(C(=O)NN=Cc2cccc3ccccc23)nnn1-c1nonc1N. The van der Waals surface area contributed by atoms with Crippen LogP contribution in [0.3, 0.4) is 0 Å². The Hall–Kier alpha value is -4.59. The number of nitrogen functional groups attached to an aromatic ring is 1. The molecule has 0 saturated heterocycles. The molecule has 0 atom stereocenters. The molecule has 0 aliphatic rings. The van der Waals surface area contributed by atoms with E-state index in [-0.39, 0.29) is 23.1 Å². The number of nitrogens with two attached hydrogens (primary N) is 1. The maximum atomic E-state index is 12.9. The number of carbonyl (C=O) groups is 1. The van der Waals surface area contributed by atoms with E-state index in [1.54, 1.807) is 17.1 Å². The van der Waals surface area contributed by atoms with Crippen LogP contribution in [0.4, 0.5) is 5.82 Å². The average Bonchev–Trinajstić information content (AvgIpc) is 3.57. The number of amides is 1. The molecular formula is C20H17N11O2S. The zero-order valence-electron chi connectivity index (χ0n) is 17.7. The fourth-order valence-corrected chi connectivity index (χ4v) is 4.11. The molecule has 5 aromatic rings. The fourth-order valence-electron chi connectivity index (χ4n) is 3.23. The maximum Gasteiger partial charge on any atom is 0.293 e. The van der Waals surface area contributed by atoms with Crippen molar-refractivity contribution in [1.29, 1.82) is 0 Å². The summed E-state index contributed by atoms with van der Waals surface area (Å²) in [6.45, 7) is 0. The third kappa shape index (κ3) is 4.09. The lowest BCUT2D eigenvalue weighted by molar-refractivity contribution is 0.0949. The van der Waals surface area contributed by atoms with E-state index in [9.17, 15) is 4.79 Å². The fraction of sp³-hybridized carbons (Fsp3) is 0.100. The van der Waals surface area contributed by atoms with Crippen molar-refractivity contribution in [2.24, 2.45) is 12.1 Å². The first-order valence-corrected chi connectivity index (χ1v) is 10.9. The van der Waals surface area contributed by atoms with Gasteiger partial charge in [-0.3, -0.25) is 4.79 Å². The maximum absolute atomic E-state index is 12.9. The van der Waals surface area contributed by atoms with Crippen molar-refractivity contribution in [3.05, 3.63) is 65.7 Å². The number of anilines is 1. The van der Waals surface area contributed by atoms with Gasteiger partial charge in [-0.15, -0.1) is 15.3 Å². The number of carbonyl (C=O) groups excluding carboxylic acids is 1. The summed E-state index contributed by atoms with van der Waals surface area (Å²) in [5, 5.41) is 30.1. The second kappa shape index (κ2) is 9.11. The van der Waals surface area contributed by atoms with Crippen LogP contribution in [0.2, 0.25) is 0 Å². The zero-order chi connectivity index (χ0) is 23.5. The van der Waals surface area contributed by atoms with Crippen molar-refractivity contribution < 1.29 is 9.42 Å². The van der Waals surface area contributed by atoms with Gasteiger partial charge in [-0.1, -0.05) is 59.4 Å². The minimum Gasteiger partial charge on any atom is -0.378 e. The summed E-state index contributed by atoms with van der Waals surface area (Å²) in [4.78, 5) is 12.9. The quantitative estimate of drug-likeness (QED) is 0.200. The summed E-state index contributed by atoms with van der Waals surface area (Å²) in [6, 6.07) is 13.8. The molecule has 14 heteroatoms. The lowest BCUT2D eigenvalue weighted by Gasteiger charge is -2.05. The van der Waals surface area contributed by atoms with Crippen LogP contribution in [0.15, 0.2) is 63.7 Å². The Bertz CT molecular complexity index is 1500. The van der Waals surface area contributed by atoms with Crippen LogP contribution in [0, 0.1) is 0 Å². The Morgan fingerprint density at radius 2 is 2.06 bits per heavy atom. The van der Waals surface area contributed by atoms with Gasteiger partial charge in [0.05, 0.1) is 11.9 Å². The average molecular weight is 475 g/mol. The molecule has 3 aromatic heterocycles. The molecule has 0 spiro atoms. The highest BCUT2D eigenvalue weighted by Gasteiger charge is 2.24. The van der Waals surface area contributed by atoms with Gasteiger partial charge < -0.3 is 10.3 Å². The van der Waals surface area contributed by atoms with Crippen LogP contribution >= 0.6 is 11.8 Å². The van der Waals surface area contributed by atoms with Crippen LogP contribution in [-0.4, -0.2) is 52.2 Å². The van der Waals surface area contributed by atoms with E-state index in [1.165, 1.54) is 16.4 Å². The molecule has 0 bridgehead atoms. The number of nitrogens with one attached hydrogen (secondary N) is 1. The van der Waals surface area contributed by atoms with Gasteiger partial charge in [-0.05, 0) is 21.1 Å². The second-order valence-electron chi connectivity index (χ2n) is 7.05. The highest BCUT2D eigenvalue weighted by Crippen LogP contribution is 2.24. The standard InChI is InChI=1S/C20H17N11O2S/c1-30-11-23-26-20(30)34-10-15-16(24-29-31(15)18-17(21)27-33-28-18)19(32)25-22-9-13-7-4-6-12-5-2-3-8-14(12)13/h2-9,11H,10H2,1H3,(H2,21,27)(H,25,32). The summed E-state index contributed by atoms with van der Waals surface area (Å²) in [7, 11) is 1.81. The second-order valence-corrected chi connectivity index (χ2v) is 7.99. The predicted octanol–water partition coefficient (Wildman–Crippen LogP) is 1.57. The lowest BCUT2D eigenvalue weighted by atomic mass is 10.1. The van der Waals surface area contributed by atoms with Gasteiger partial charge in [0, 0.05) is 18.4 Å². The number of hydrogen-bond acceptors (Lipinski definition) is 11. The van der Waals surface area contributed by atoms with Crippen molar-refractivity contribution in [3.63, 3.8) is 0 Å². The molecule has 13 nitrogen and oxygen atoms in total. The van der Waals surface area contributed by atoms with Crippen molar-refractivity contribution in [1.82, 2.24) is 45.5 Å². The Morgan fingerprint density at radius 3 is 2.85 bits per heavy atom. The van der Waals surface area contributed by atoms with E-state index < -0.39 is 5.91 Å². The Labute approximate surface area is 196 Å². The van der Waals surface area contributed by atoms with Crippen molar-refractivity contribution >= 4 is 40.5 Å². The van der Waals surface area contributed by atoms with Crippen LogP contribution < -0.4 is 11.2 Å². The third-order valence-electron chi connectivity index (χ3n) is 4.88. The third-order valence-corrected chi connectivity index (χ3v) is 5.92. The molecule has 2 aromatic carbocycles. The molecule has 3 heterocycles. The summed E-state index contributed by atoms with van der Waals surface area (Å²) >= 11 is 1.33. The normalized spacial score (nSPS) is 11.4. The zero-order valence-corrected chi connectivity index (χ0v) is 18.5. The van der Waals surface area contributed by atoms with Crippen LogP contribution in [-0.2, 0) is 12.8 Å². The van der Waals surface area contributed by atoms with Crippen LogP contribution in [0.1, 0.15) is 21.7 Å². The Morgan fingerprint density at radius 1 is 1.21 bits per heavy atom. The summed E-state index contributed by atoms with van der Waals surface area (Å²) in [6.07, 6.45) is 3.16. The van der Waals surface area contributed by atoms with E-state index in [2.05, 4.69) is 46.0 Å². The number of nitrogens with zero attached hydrogens (tertiary/aromatic N) is 9. The molecule has 3 N–H and O–H groups in total. The number of aryl methyl sites for hydroxylation is 1. The number of benzene rings is 2.